The lowest BCUT2D eigenvalue weighted by atomic mass is 10.00. The zero-order chi connectivity index (χ0) is 9.84. The third-order valence-electron chi connectivity index (χ3n) is 1.86. The number of aromatic hydroxyl groups is 1. The summed E-state index contributed by atoms with van der Waals surface area (Å²) in [7, 11) is 0. The van der Waals surface area contributed by atoms with E-state index < -0.39 is 12.3 Å². The molecule has 1 unspecified atom stereocenters. The smallest absolute Gasteiger partial charge is 0.246 e. The summed E-state index contributed by atoms with van der Waals surface area (Å²) in [6.45, 7) is -0.124. The predicted molar refractivity (Wildman–Crippen MR) is 45.9 cm³/mol. The number of benzene rings is 1. The molecule has 0 aliphatic carbocycles. The molecule has 0 saturated carbocycles. The van der Waals surface area contributed by atoms with Crippen LogP contribution in [0.5, 0.6) is 5.75 Å². The molecule has 4 heteroatoms. The SMILES string of the molecule is NCC(c1cccc(O)c1)C(F)F. The molecule has 13 heavy (non-hydrogen) atoms. The van der Waals surface area contributed by atoms with E-state index in [9.17, 15) is 8.78 Å². The molecule has 0 aromatic heterocycles. The van der Waals surface area contributed by atoms with Crippen molar-refractivity contribution in [2.45, 2.75) is 12.3 Å². The second-order valence-electron chi connectivity index (χ2n) is 2.77. The molecule has 0 spiro atoms. The van der Waals surface area contributed by atoms with Gasteiger partial charge in [-0.3, -0.25) is 0 Å². The normalized spacial score (nSPS) is 13.2. The van der Waals surface area contributed by atoms with Crippen molar-refractivity contribution in [2.75, 3.05) is 6.54 Å². The Bertz CT molecular complexity index is 278. The molecule has 0 saturated heterocycles. The third-order valence-corrected chi connectivity index (χ3v) is 1.86. The summed E-state index contributed by atoms with van der Waals surface area (Å²) in [5, 5.41) is 9.05. The van der Waals surface area contributed by atoms with Gasteiger partial charge in [-0.05, 0) is 17.7 Å². The van der Waals surface area contributed by atoms with Gasteiger partial charge in [0.15, 0.2) is 0 Å². The fraction of sp³-hybridized carbons (Fsp3) is 0.333. The fourth-order valence-corrected chi connectivity index (χ4v) is 1.14. The first-order valence-corrected chi connectivity index (χ1v) is 3.92. The minimum absolute atomic E-state index is 0.0170. The van der Waals surface area contributed by atoms with Gasteiger partial charge in [0.1, 0.15) is 5.75 Å². The molecular weight excluding hydrogens is 176 g/mol. The fourth-order valence-electron chi connectivity index (χ4n) is 1.14. The molecule has 0 heterocycles. The number of hydrogen-bond donors (Lipinski definition) is 2. The van der Waals surface area contributed by atoms with Crippen molar-refractivity contribution in [1.29, 1.82) is 0 Å². The van der Waals surface area contributed by atoms with Gasteiger partial charge in [0, 0.05) is 6.54 Å². The minimum Gasteiger partial charge on any atom is -0.508 e. The highest BCUT2D eigenvalue weighted by atomic mass is 19.3. The summed E-state index contributed by atoms with van der Waals surface area (Å²) in [4.78, 5) is 0. The quantitative estimate of drug-likeness (QED) is 0.756. The van der Waals surface area contributed by atoms with Gasteiger partial charge in [0.25, 0.3) is 0 Å². The van der Waals surface area contributed by atoms with Crippen LogP contribution < -0.4 is 5.73 Å². The molecule has 0 aliphatic rings. The van der Waals surface area contributed by atoms with E-state index in [1.165, 1.54) is 24.3 Å². The van der Waals surface area contributed by atoms with Crippen LogP contribution in [-0.4, -0.2) is 18.1 Å². The molecule has 0 aliphatic heterocycles. The van der Waals surface area contributed by atoms with E-state index in [4.69, 9.17) is 10.8 Å². The van der Waals surface area contributed by atoms with E-state index in [1.54, 1.807) is 0 Å². The molecule has 0 radical (unpaired) electrons. The van der Waals surface area contributed by atoms with Crippen LogP contribution in [-0.2, 0) is 0 Å². The van der Waals surface area contributed by atoms with Crippen LogP contribution in [0.15, 0.2) is 24.3 Å². The molecule has 0 fully saturated rings. The summed E-state index contributed by atoms with van der Waals surface area (Å²) in [5.74, 6) is -1.01. The maximum absolute atomic E-state index is 12.4. The summed E-state index contributed by atoms with van der Waals surface area (Å²) in [5.41, 5.74) is 5.57. The highest BCUT2D eigenvalue weighted by Crippen LogP contribution is 2.24. The lowest BCUT2D eigenvalue weighted by Crippen LogP contribution is -2.19. The minimum atomic E-state index is -2.49. The van der Waals surface area contributed by atoms with E-state index in [0.29, 0.717) is 5.56 Å². The molecule has 1 rings (SSSR count). The zero-order valence-corrected chi connectivity index (χ0v) is 6.95. The van der Waals surface area contributed by atoms with Gasteiger partial charge in [-0.2, -0.15) is 0 Å². The summed E-state index contributed by atoms with van der Waals surface area (Å²) in [6, 6.07) is 5.80. The van der Waals surface area contributed by atoms with Crippen molar-refractivity contribution >= 4 is 0 Å². The molecule has 3 N–H and O–H groups in total. The monoisotopic (exact) mass is 187 g/mol. The van der Waals surface area contributed by atoms with Crippen molar-refractivity contribution < 1.29 is 13.9 Å². The average molecular weight is 187 g/mol. The second kappa shape index (κ2) is 4.18. The van der Waals surface area contributed by atoms with Gasteiger partial charge in [-0.1, -0.05) is 12.1 Å². The summed E-state index contributed by atoms with van der Waals surface area (Å²) >= 11 is 0. The van der Waals surface area contributed by atoms with E-state index in [1.807, 2.05) is 0 Å². The lowest BCUT2D eigenvalue weighted by Gasteiger charge is -2.13. The first-order chi connectivity index (χ1) is 6.15. The van der Waals surface area contributed by atoms with E-state index in [2.05, 4.69) is 0 Å². The van der Waals surface area contributed by atoms with Crippen LogP contribution in [0.25, 0.3) is 0 Å². The molecule has 0 amide bonds. The van der Waals surface area contributed by atoms with Gasteiger partial charge in [-0.15, -0.1) is 0 Å². The van der Waals surface area contributed by atoms with Gasteiger partial charge in [-0.25, -0.2) is 8.78 Å². The molecule has 1 aromatic carbocycles. The number of phenolic OH excluding ortho intramolecular Hbond substituents is 1. The van der Waals surface area contributed by atoms with Crippen LogP contribution in [0.4, 0.5) is 8.78 Å². The van der Waals surface area contributed by atoms with Crippen molar-refractivity contribution in [3.63, 3.8) is 0 Å². The second-order valence-corrected chi connectivity index (χ2v) is 2.77. The molecule has 1 atom stereocenters. The van der Waals surface area contributed by atoms with Crippen molar-refractivity contribution in [3.8, 4) is 5.75 Å². The molecule has 2 nitrogen and oxygen atoms in total. The Morgan fingerprint density at radius 1 is 1.38 bits per heavy atom. The number of phenols is 1. The number of alkyl halides is 2. The Balaban J connectivity index is 2.91. The standard InChI is InChI=1S/C9H11F2NO/c10-9(11)8(5-12)6-2-1-3-7(13)4-6/h1-4,8-9,13H,5,12H2. The van der Waals surface area contributed by atoms with Crippen molar-refractivity contribution in [1.82, 2.24) is 0 Å². The molecule has 0 bridgehead atoms. The van der Waals surface area contributed by atoms with Crippen molar-refractivity contribution in [2.24, 2.45) is 5.73 Å². The van der Waals surface area contributed by atoms with Gasteiger partial charge < -0.3 is 10.8 Å². The van der Waals surface area contributed by atoms with Crippen LogP contribution in [0.1, 0.15) is 11.5 Å². The first-order valence-electron chi connectivity index (χ1n) is 3.92. The molecular formula is C9H11F2NO. The van der Waals surface area contributed by atoms with Crippen molar-refractivity contribution in [3.05, 3.63) is 29.8 Å². The van der Waals surface area contributed by atoms with Crippen LogP contribution in [0.3, 0.4) is 0 Å². The van der Waals surface area contributed by atoms with Gasteiger partial charge >= 0.3 is 0 Å². The largest absolute Gasteiger partial charge is 0.508 e. The highest BCUT2D eigenvalue weighted by Gasteiger charge is 2.20. The topological polar surface area (TPSA) is 46.2 Å². The Morgan fingerprint density at radius 3 is 2.54 bits per heavy atom. The van der Waals surface area contributed by atoms with Crippen LogP contribution in [0, 0.1) is 0 Å². The zero-order valence-electron chi connectivity index (χ0n) is 6.95. The van der Waals surface area contributed by atoms with E-state index in [0.717, 1.165) is 0 Å². The maximum atomic E-state index is 12.4. The van der Waals surface area contributed by atoms with Gasteiger partial charge in [0.05, 0.1) is 5.92 Å². The molecule has 1 aromatic rings. The predicted octanol–water partition coefficient (Wildman–Crippen LogP) is 1.70. The summed E-state index contributed by atoms with van der Waals surface area (Å²) in [6.07, 6.45) is -2.49. The number of halogens is 2. The van der Waals surface area contributed by atoms with E-state index >= 15 is 0 Å². The van der Waals surface area contributed by atoms with E-state index in [-0.39, 0.29) is 12.3 Å². The third kappa shape index (κ3) is 2.39. The van der Waals surface area contributed by atoms with Crippen LogP contribution >= 0.6 is 0 Å². The van der Waals surface area contributed by atoms with Gasteiger partial charge in [0.2, 0.25) is 6.43 Å². The maximum Gasteiger partial charge on any atom is 0.246 e. The molecule has 72 valence electrons. The Morgan fingerprint density at radius 2 is 2.08 bits per heavy atom. The first kappa shape index (κ1) is 9.92. The van der Waals surface area contributed by atoms with Crippen LogP contribution in [0.2, 0.25) is 0 Å². The number of nitrogens with two attached hydrogens (primary N) is 1. The number of hydrogen-bond acceptors (Lipinski definition) is 2. The average Bonchev–Trinajstić information content (AvgIpc) is 2.04. The Kier molecular flexibility index (Phi) is 3.19. The number of rotatable bonds is 3. The highest BCUT2D eigenvalue weighted by molar-refractivity contribution is 5.30. The lowest BCUT2D eigenvalue weighted by molar-refractivity contribution is 0.117. The summed E-state index contributed by atoms with van der Waals surface area (Å²) < 4.78 is 24.7. The Hall–Kier alpha value is -1.16. The Labute approximate surface area is 75.0 Å².